The second-order valence-electron chi connectivity index (χ2n) is 2.53. The summed E-state index contributed by atoms with van der Waals surface area (Å²) in [5, 5.41) is 10.3. The Morgan fingerprint density at radius 1 is 1.54 bits per heavy atom. The third-order valence-corrected chi connectivity index (χ3v) is 1.72. The number of fused-ring (bicyclic) bond motifs is 1. The molecule has 2 heterocycles. The molecule has 0 bridgehead atoms. The van der Waals surface area contributed by atoms with E-state index in [0.29, 0.717) is 16.9 Å². The second-order valence-corrected chi connectivity index (χ2v) is 2.53. The van der Waals surface area contributed by atoms with Crippen molar-refractivity contribution in [3.8, 4) is 0 Å². The lowest BCUT2D eigenvalue weighted by Gasteiger charge is -1.93. The maximum atomic E-state index is 10.3. The van der Waals surface area contributed by atoms with E-state index in [1.807, 2.05) is 0 Å². The van der Waals surface area contributed by atoms with Crippen LogP contribution in [0.25, 0.3) is 11.1 Å². The first kappa shape index (κ1) is 7.47. The third-order valence-electron chi connectivity index (χ3n) is 1.72. The summed E-state index contributed by atoms with van der Waals surface area (Å²) in [6, 6.07) is 2.66. The normalized spacial score (nSPS) is 10.8. The van der Waals surface area contributed by atoms with Crippen LogP contribution in [0.5, 0.6) is 0 Å². The van der Waals surface area contributed by atoms with Gasteiger partial charge in [-0.2, -0.15) is 0 Å². The van der Waals surface area contributed by atoms with Crippen LogP contribution in [0.3, 0.4) is 0 Å². The highest BCUT2D eigenvalue weighted by molar-refractivity contribution is 5.81. The summed E-state index contributed by atoms with van der Waals surface area (Å²) in [4.78, 5) is 9.67. The average molecular weight is 182 g/mol. The molecule has 0 aliphatic heterocycles. The molecule has 13 heavy (non-hydrogen) atoms. The number of hydrogen-bond acceptors (Lipinski definition) is 5. The van der Waals surface area contributed by atoms with Crippen LogP contribution in [0.15, 0.2) is 16.5 Å². The molecule has 0 aliphatic rings. The zero-order chi connectivity index (χ0) is 9.59. The van der Waals surface area contributed by atoms with Crippen molar-refractivity contribution in [2.24, 2.45) is 0 Å². The molecule has 4 N–H and O–H groups in total. The molecule has 0 radical (unpaired) electrons. The Hall–Kier alpha value is -2.18. The lowest BCUT2D eigenvalue weighted by atomic mass is 10.5. The first-order valence-corrected chi connectivity index (χ1v) is 3.40. The van der Waals surface area contributed by atoms with Gasteiger partial charge in [-0.1, -0.05) is 0 Å². The Morgan fingerprint density at radius 2 is 2.23 bits per heavy atom. The Balaban J connectivity index is 2.72. The molecule has 0 fully saturated rings. The molecule has 0 aromatic carbocycles. The van der Waals surface area contributed by atoms with Gasteiger partial charge in [0.25, 0.3) is 0 Å². The van der Waals surface area contributed by atoms with Crippen LogP contribution in [-0.4, -0.2) is 9.60 Å². The Morgan fingerprint density at radius 3 is 2.77 bits per heavy atom. The van der Waals surface area contributed by atoms with Crippen molar-refractivity contribution < 1.29 is 9.34 Å². The highest BCUT2D eigenvalue weighted by Crippen LogP contribution is 2.27. The number of rotatable bonds is 1. The summed E-state index contributed by atoms with van der Waals surface area (Å²) < 4.78 is 5.98. The number of nitrogens with zero attached hydrogens (tertiary/aromatic N) is 2. The van der Waals surface area contributed by atoms with Gasteiger partial charge in [-0.15, -0.1) is 0 Å². The number of aromatic nitrogens is 1. The van der Waals surface area contributed by atoms with Crippen molar-refractivity contribution in [2.75, 3.05) is 11.6 Å². The van der Waals surface area contributed by atoms with Crippen LogP contribution in [-0.2, 0) is 0 Å². The van der Waals surface area contributed by atoms with Gasteiger partial charge in [0.05, 0.1) is 6.07 Å². The minimum atomic E-state index is -0.629. The minimum Gasteiger partial charge on any atom is -0.399 e. The van der Waals surface area contributed by atoms with Gasteiger partial charge >= 0.3 is 5.88 Å². The highest BCUT2D eigenvalue weighted by atomic mass is 16.6. The molecular formula is C6H6N4O3. The number of nitrogens with two attached hydrogens (primary N) is 2. The van der Waals surface area contributed by atoms with E-state index in [9.17, 15) is 10.1 Å². The predicted molar refractivity (Wildman–Crippen MR) is 45.4 cm³/mol. The fourth-order valence-electron chi connectivity index (χ4n) is 1.11. The van der Waals surface area contributed by atoms with Crippen molar-refractivity contribution >= 4 is 22.8 Å². The second kappa shape index (κ2) is 2.16. The van der Waals surface area contributed by atoms with Gasteiger partial charge < -0.3 is 16.0 Å². The van der Waals surface area contributed by atoms with Gasteiger partial charge in [-0.3, -0.25) is 10.1 Å². The molecule has 7 heteroatoms. The molecule has 68 valence electrons. The van der Waals surface area contributed by atoms with E-state index in [1.165, 1.54) is 12.1 Å². The SMILES string of the molecule is Nc1cc2oc([N+](=O)[O-])cc2n1N. The van der Waals surface area contributed by atoms with Gasteiger partial charge in [0.15, 0.2) is 5.58 Å². The maximum Gasteiger partial charge on any atom is 0.435 e. The van der Waals surface area contributed by atoms with Gasteiger partial charge in [0, 0.05) is 6.07 Å². The molecule has 0 saturated heterocycles. The fraction of sp³-hybridized carbons (Fsp3) is 0. The van der Waals surface area contributed by atoms with Gasteiger partial charge in [0.1, 0.15) is 16.3 Å². The lowest BCUT2D eigenvalue weighted by molar-refractivity contribution is -0.401. The predicted octanol–water partition coefficient (Wildman–Crippen LogP) is 0.439. The lowest BCUT2D eigenvalue weighted by Crippen LogP contribution is -2.10. The zero-order valence-corrected chi connectivity index (χ0v) is 6.43. The number of furan rings is 1. The van der Waals surface area contributed by atoms with Crippen molar-refractivity contribution in [2.45, 2.75) is 0 Å². The van der Waals surface area contributed by atoms with Crippen LogP contribution in [0.4, 0.5) is 11.7 Å². The highest BCUT2D eigenvalue weighted by Gasteiger charge is 2.17. The molecule has 7 nitrogen and oxygen atoms in total. The number of nitrogen functional groups attached to an aromatic ring is 2. The van der Waals surface area contributed by atoms with Crippen molar-refractivity contribution in [3.05, 3.63) is 22.2 Å². The van der Waals surface area contributed by atoms with Crippen LogP contribution in [0.1, 0.15) is 0 Å². The van der Waals surface area contributed by atoms with E-state index in [2.05, 4.69) is 0 Å². The number of nitro groups is 1. The van der Waals surface area contributed by atoms with E-state index in [-0.39, 0.29) is 5.88 Å². The van der Waals surface area contributed by atoms with E-state index in [1.54, 1.807) is 0 Å². The smallest absolute Gasteiger partial charge is 0.399 e. The molecule has 2 aromatic rings. The number of anilines is 1. The Kier molecular flexibility index (Phi) is 1.24. The van der Waals surface area contributed by atoms with Crippen molar-refractivity contribution in [3.63, 3.8) is 0 Å². The van der Waals surface area contributed by atoms with Crippen molar-refractivity contribution in [1.29, 1.82) is 0 Å². The van der Waals surface area contributed by atoms with Crippen LogP contribution in [0.2, 0.25) is 0 Å². The van der Waals surface area contributed by atoms with E-state index >= 15 is 0 Å². The van der Waals surface area contributed by atoms with E-state index < -0.39 is 4.92 Å². The molecule has 0 amide bonds. The first-order valence-electron chi connectivity index (χ1n) is 3.40. The molecule has 0 atom stereocenters. The minimum absolute atomic E-state index is 0.295. The molecule has 0 spiro atoms. The Bertz CT molecular complexity index is 483. The van der Waals surface area contributed by atoms with Crippen LogP contribution in [0, 0.1) is 10.1 Å². The summed E-state index contributed by atoms with van der Waals surface area (Å²) in [6.07, 6.45) is 0. The summed E-state index contributed by atoms with van der Waals surface area (Å²) in [5.74, 6) is 5.41. The summed E-state index contributed by atoms with van der Waals surface area (Å²) in [6.45, 7) is 0. The molecule has 2 aromatic heterocycles. The monoisotopic (exact) mass is 182 g/mol. The van der Waals surface area contributed by atoms with Crippen LogP contribution >= 0.6 is 0 Å². The summed E-state index contributed by atoms with van der Waals surface area (Å²) in [7, 11) is 0. The Labute approximate surface area is 71.6 Å². The van der Waals surface area contributed by atoms with E-state index in [4.69, 9.17) is 16.0 Å². The van der Waals surface area contributed by atoms with Gasteiger partial charge in [-0.25, -0.2) is 4.68 Å². The summed E-state index contributed by atoms with van der Waals surface area (Å²) >= 11 is 0. The summed E-state index contributed by atoms with van der Waals surface area (Å²) in [5.41, 5.74) is 6.15. The van der Waals surface area contributed by atoms with Gasteiger partial charge in [0.2, 0.25) is 0 Å². The van der Waals surface area contributed by atoms with Crippen LogP contribution < -0.4 is 11.6 Å². The van der Waals surface area contributed by atoms with Crippen molar-refractivity contribution in [1.82, 2.24) is 4.68 Å². The van der Waals surface area contributed by atoms with Gasteiger partial charge in [-0.05, 0) is 0 Å². The quantitative estimate of drug-likeness (QED) is 0.377. The third kappa shape index (κ3) is 0.901. The average Bonchev–Trinajstić information content (AvgIpc) is 2.55. The zero-order valence-electron chi connectivity index (χ0n) is 6.43. The number of hydrogen-bond donors (Lipinski definition) is 2. The standard InChI is InChI=1S/C6H6N4O3/c7-5-2-4-3(9(5)8)1-6(13-4)10(11)12/h1-2H,7-8H2. The maximum absolute atomic E-state index is 10.3. The molecule has 0 saturated carbocycles. The largest absolute Gasteiger partial charge is 0.435 e. The molecular weight excluding hydrogens is 176 g/mol. The fourth-order valence-corrected chi connectivity index (χ4v) is 1.11. The first-order chi connectivity index (χ1) is 6.09. The molecule has 0 aliphatic carbocycles. The molecule has 2 rings (SSSR count). The topological polar surface area (TPSA) is 113 Å². The molecule has 0 unspecified atom stereocenters. The van der Waals surface area contributed by atoms with E-state index in [0.717, 1.165) is 4.68 Å².